The van der Waals surface area contributed by atoms with Crippen LogP contribution >= 0.6 is 11.3 Å². The van der Waals surface area contributed by atoms with Crippen molar-refractivity contribution in [1.82, 2.24) is 9.62 Å². The van der Waals surface area contributed by atoms with Crippen LogP contribution in [0.5, 0.6) is 0 Å². The normalized spacial score (nSPS) is 20.0. The monoisotopic (exact) mass is 346 g/mol. The molecular formula is C14H22N2O4S2. The predicted molar refractivity (Wildman–Crippen MR) is 85.9 cm³/mol. The van der Waals surface area contributed by atoms with E-state index < -0.39 is 16.0 Å². The van der Waals surface area contributed by atoms with Gasteiger partial charge in [0.05, 0.1) is 7.11 Å². The number of carbonyl (C=O) groups is 1. The first-order valence-electron chi connectivity index (χ1n) is 7.32. The van der Waals surface area contributed by atoms with Crippen molar-refractivity contribution in [2.75, 3.05) is 26.7 Å². The molecule has 0 spiro atoms. The van der Waals surface area contributed by atoms with Gasteiger partial charge < -0.3 is 10.1 Å². The summed E-state index contributed by atoms with van der Waals surface area (Å²) in [5, 5.41) is 4.93. The van der Waals surface area contributed by atoms with Gasteiger partial charge in [0.15, 0.2) is 0 Å². The summed E-state index contributed by atoms with van der Waals surface area (Å²) >= 11 is 1.12. The Morgan fingerprint density at radius 2 is 2.27 bits per heavy atom. The maximum Gasteiger partial charge on any atom is 0.349 e. The van der Waals surface area contributed by atoms with Crippen molar-refractivity contribution in [3.63, 3.8) is 0 Å². The third kappa shape index (κ3) is 3.19. The van der Waals surface area contributed by atoms with Crippen molar-refractivity contribution in [1.29, 1.82) is 0 Å². The molecule has 8 heteroatoms. The number of methoxy groups -OCH3 is 1. The maximum atomic E-state index is 13.1. The largest absolute Gasteiger partial charge is 0.465 e. The highest BCUT2D eigenvalue weighted by atomic mass is 32.2. The predicted octanol–water partition coefficient (Wildman–Crippen LogP) is 1.61. The fraction of sp³-hybridized carbons (Fsp3) is 0.643. The first-order valence-corrected chi connectivity index (χ1v) is 9.64. The van der Waals surface area contributed by atoms with E-state index in [1.54, 1.807) is 12.3 Å². The minimum absolute atomic E-state index is 0.0754. The molecule has 0 saturated carbocycles. The maximum absolute atomic E-state index is 13.1. The number of sulfonamides is 1. The van der Waals surface area contributed by atoms with Gasteiger partial charge >= 0.3 is 5.97 Å². The average Bonchev–Trinajstić information content (AvgIpc) is 2.89. The molecule has 1 N–H and O–H groups in total. The fourth-order valence-electron chi connectivity index (χ4n) is 2.74. The fourth-order valence-corrected chi connectivity index (χ4v) is 6.06. The Morgan fingerprint density at radius 1 is 1.55 bits per heavy atom. The van der Waals surface area contributed by atoms with E-state index >= 15 is 0 Å². The Morgan fingerprint density at radius 3 is 2.91 bits per heavy atom. The van der Waals surface area contributed by atoms with Crippen LogP contribution in [-0.2, 0) is 14.8 Å². The topological polar surface area (TPSA) is 75.7 Å². The van der Waals surface area contributed by atoms with Gasteiger partial charge in [-0.15, -0.1) is 11.3 Å². The molecule has 0 bridgehead atoms. The second-order valence-corrected chi connectivity index (χ2v) is 8.04. The number of esters is 1. The van der Waals surface area contributed by atoms with Crippen LogP contribution in [0.4, 0.5) is 0 Å². The lowest BCUT2D eigenvalue weighted by atomic mass is 10.1. The molecule has 1 aromatic heterocycles. The third-order valence-electron chi connectivity index (χ3n) is 3.77. The first kappa shape index (κ1) is 17.4. The minimum Gasteiger partial charge on any atom is -0.465 e. The number of nitrogens with zero attached hydrogens (tertiary/aromatic N) is 1. The number of carbonyl (C=O) groups excluding carboxylic acids is 1. The zero-order chi connectivity index (χ0) is 16.3. The molecule has 0 radical (unpaired) electrons. The highest BCUT2D eigenvalue weighted by Crippen LogP contribution is 2.32. The summed E-state index contributed by atoms with van der Waals surface area (Å²) in [5.74, 6) is -0.598. The van der Waals surface area contributed by atoms with Crippen LogP contribution < -0.4 is 5.32 Å². The van der Waals surface area contributed by atoms with Crippen molar-refractivity contribution in [3.8, 4) is 0 Å². The van der Waals surface area contributed by atoms with Crippen LogP contribution in [-0.4, -0.2) is 51.5 Å². The number of thiophene rings is 1. The van der Waals surface area contributed by atoms with Gasteiger partial charge in [-0.3, -0.25) is 0 Å². The number of aryl methyl sites for hydroxylation is 1. The van der Waals surface area contributed by atoms with Gasteiger partial charge in [0.1, 0.15) is 9.77 Å². The van der Waals surface area contributed by atoms with Gasteiger partial charge in [0, 0.05) is 25.7 Å². The van der Waals surface area contributed by atoms with E-state index in [0.29, 0.717) is 25.2 Å². The molecule has 6 nitrogen and oxygen atoms in total. The molecule has 0 aromatic carbocycles. The summed E-state index contributed by atoms with van der Waals surface area (Å²) in [4.78, 5) is 12.1. The third-order valence-corrected chi connectivity index (χ3v) is 7.12. The van der Waals surface area contributed by atoms with Gasteiger partial charge in [0.25, 0.3) is 0 Å². The molecule has 1 saturated heterocycles. The van der Waals surface area contributed by atoms with Crippen LogP contribution in [0.2, 0.25) is 0 Å². The molecule has 2 rings (SSSR count). The van der Waals surface area contributed by atoms with Crippen LogP contribution in [0.25, 0.3) is 0 Å². The van der Waals surface area contributed by atoms with E-state index in [1.165, 1.54) is 11.4 Å². The number of ether oxygens (including phenoxy) is 1. The number of piperazine rings is 1. The van der Waals surface area contributed by atoms with Crippen LogP contribution in [0, 0.1) is 6.92 Å². The van der Waals surface area contributed by atoms with E-state index in [-0.39, 0.29) is 15.8 Å². The smallest absolute Gasteiger partial charge is 0.349 e. The van der Waals surface area contributed by atoms with Gasteiger partial charge in [0.2, 0.25) is 10.0 Å². The molecule has 1 aromatic rings. The molecule has 0 amide bonds. The van der Waals surface area contributed by atoms with Crippen molar-refractivity contribution in [3.05, 3.63) is 15.8 Å². The highest BCUT2D eigenvalue weighted by Gasteiger charge is 2.37. The summed E-state index contributed by atoms with van der Waals surface area (Å²) < 4.78 is 32.4. The lowest BCUT2D eigenvalue weighted by Gasteiger charge is -2.35. The highest BCUT2D eigenvalue weighted by molar-refractivity contribution is 7.89. The standard InChI is InChI=1S/C14H22N2O4S2/c1-4-5-11-8-15-6-7-16(11)22(18,19)13-10(2)9-21-12(13)14(17)20-3/h9,11,15H,4-8H2,1-3H3. The molecule has 1 fully saturated rings. The first-order chi connectivity index (χ1) is 10.4. The van der Waals surface area contributed by atoms with Crippen molar-refractivity contribution in [2.45, 2.75) is 37.6 Å². The second-order valence-electron chi connectivity index (χ2n) is 5.33. The summed E-state index contributed by atoms with van der Waals surface area (Å²) in [7, 11) is -2.44. The van der Waals surface area contributed by atoms with E-state index in [9.17, 15) is 13.2 Å². The van der Waals surface area contributed by atoms with E-state index in [0.717, 1.165) is 24.2 Å². The van der Waals surface area contributed by atoms with E-state index in [1.807, 2.05) is 6.92 Å². The summed E-state index contributed by atoms with van der Waals surface area (Å²) in [5.41, 5.74) is 0.596. The van der Waals surface area contributed by atoms with Gasteiger partial charge in [-0.05, 0) is 24.3 Å². The average molecular weight is 346 g/mol. The van der Waals surface area contributed by atoms with Gasteiger partial charge in [-0.1, -0.05) is 13.3 Å². The minimum atomic E-state index is -3.70. The summed E-state index contributed by atoms with van der Waals surface area (Å²) in [6, 6.07) is -0.0754. The Hall–Kier alpha value is -0.960. The van der Waals surface area contributed by atoms with Crippen LogP contribution in [0.3, 0.4) is 0 Å². The molecular weight excluding hydrogens is 324 g/mol. The Bertz CT molecular complexity index is 637. The Labute approximate surface area is 135 Å². The zero-order valence-electron chi connectivity index (χ0n) is 13.1. The molecule has 1 atom stereocenters. The number of rotatable bonds is 5. The second kappa shape index (κ2) is 7.08. The summed E-state index contributed by atoms with van der Waals surface area (Å²) in [6.07, 6.45) is 1.70. The van der Waals surface area contributed by atoms with E-state index in [4.69, 9.17) is 4.74 Å². The molecule has 1 aliphatic heterocycles. The van der Waals surface area contributed by atoms with Crippen LogP contribution in [0.1, 0.15) is 35.0 Å². The summed E-state index contributed by atoms with van der Waals surface area (Å²) in [6.45, 7) is 5.44. The number of hydrogen-bond acceptors (Lipinski definition) is 6. The molecule has 0 aliphatic carbocycles. The Balaban J connectivity index is 2.45. The molecule has 124 valence electrons. The van der Waals surface area contributed by atoms with Crippen molar-refractivity contribution < 1.29 is 17.9 Å². The number of nitrogens with one attached hydrogen (secondary N) is 1. The molecule has 2 heterocycles. The SMILES string of the molecule is CCCC1CNCCN1S(=O)(=O)c1c(C)csc1C(=O)OC. The lowest BCUT2D eigenvalue weighted by molar-refractivity contribution is 0.0602. The van der Waals surface area contributed by atoms with Gasteiger partial charge in [-0.2, -0.15) is 4.31 Å². The van der Waals surface area contributed by atoms with E-state index in [2.05, 4.69) is 5.32 Å². The molecule has 1 aliphatic rings. The van der Waals surface area contributed by atoms with Crippen LogP contribution in [0.15, 0.2) is 10.3 Å². The molecule has 22 heavy (non-hydrogen) atoms. The van der Waals surface area contributed by atoms with Crippen molar-refractivity contribution in [2.24, 2.45) is 0 Å². The Kier molecular flexibility index (Phi) is 5.60. The molecule has 1 unspecified atom stereocenters. The van der Waals surface area contributed by atoms with Gasteiger partial charge in [-0.25, -0.2) is 13.2 Å². The van der Waals surface area contributed by atoms with Crippen molar-refractivity contribution >= 4 is 27.3 Å². The lowest BCUT2D eigenvalue weighted by Crippen LogP contribution is -2.53. The zero-order valence-corrected chi connectivity index (χ0v) is 14.7. The quantitative estimate of drug-likeness (QED) is 0.820. The number of hydrogen-bond donors (Lipinski definition) is 1.